The first-order valence-electron chi connectivity index (χ1n) is 4.47. The van der Waals surface area contributed by atoms with Crippen LogP contribution >= 0.6 is 15.9 Å². The third-order valence-electron chi connectivity index (χ3n) is 2.17. The molecule has 4 nitrogen and oxygen atoms in total. The molecule has 0 fully saturated rings. The highest BCUT2D eigenvalue weighted by Gasteiger charge is 2.21. The number of ether oxygens (including phenoxy) is 1. The van der Waals surface area contributed by atoms with E-state index in [1.54, 1.807) is 0 Å². The van der Waals surface area contributed by atoms with Crippen LogP contribution in [0.25, 0.3) is 0 Å². The number of methoxy groups -OCH3 is 1. The number of benzene rings is 1. The number of carboxylic acids is 1. The lowest BCUT2D eigenvalue weighted by molar-refractivity contribution is -0.138. The summed E-state index contributed by atoms with van der Waals surface area (Å²) in [6, 6.07) is 2.73. The van der Waals surface area contributed by atoms with Crippen molar-refractivity contribution in [3.8, 4) is 5.75 Å². The molecule has 0 aliphatic rings. The van der Waals surface area contributed by atoms with E-state index in [1.165, 1.54) is 19.2 Å². The summed E-state index contributed by atoms with van der Waals surface area (Å²) in [5, 5.41) is 8.92. The largest absolute Gasteiger partial charge is 0.494 e. The van der Waals surface area contributed by atoms with Crippen LogP contribution in [-0.2, 0) is 4.79 Å². The van der Waals surface area contributed by atoms with Crippen molar-refractivity contribution in [3.05, 3.63) is 28.0 Å². The normalized spacial score (nSPS) is 12.2. The van der Waals surface area contributed by atoms with Gasteiger partial charge in [-0.25, -0.2) is 4.39 Å². The van der Waals surface area contributed by atoms with Gasteiger partial charge in [0, 0.05) is 6.54 Å². The summed E-state index contributed by atoms with van der Waals surface area (Å²) in [6.07, 6.45) is 0. The van der Waals surface area contributed by atoms with Gasteiger partial charge in [-0.2, -0.15) is 0 Å². The third kappa shape index (κ3) is 2.51. The van der Waals surface area contributed by atoms with E-state index in [1.807, 2.05) is 0 Å². The molecule has 0 aliphatic heterocycles. The number of hydrogen-bond acceptors (Lipinski definition) is 3. The first-order chi connectivity index (χ1) is 7.51. The van der Waals surface area contributed by atoms with E-state index < -0.39 is 17.7 Å². The van der Waals surface area contributed by atoms with Crippen LogP contribution in [0.4, 0.5) is 4.39 Å². The van der Waals surface area contributed by atoms with E-state index in [4.69, 9.17) is 15.6 Å². The predicted octanol–water partition coefficient (Wildman–Crippen LogP) is 1.72. The van der Waals surface area contributed by atoms with E-state index in [-0.39, 0.29) is 16.8 Å². The van der Waals surface area contributed by atoms with Crippen LogP contribution in [0.15, 0.2) is 16.6 Å². The van der Waals surface area contributed by atoms with Crippen molar-refractivity contribution in [1.82, 2.24) is 0 Å². The number of halogens is 2. The molecule has 3 N–H and O–H groups in total. The van der Waals surface area contributed by atoms with Gasteiger partial charge >= 0.3 is 5.97 Å². The van der Waals surface area contributed by atoms with Crippen molar-refractivity contribution in [2.75, 3.05) is 13.7 Å². The van der Waals surface area contributed by atoms with Gasteiger partial charge in [0.2, 0.25) is 0 Å². The Bertz CT molecular complexity index is 411. The van der Waals surface area contributed by atoms with E-state index in [2.05, 4.69) is 15.9 Å². The average molecular weight is 292 g/mol. The van der Waals surface area contributed by atoms with Crippen molar-refractivity contribution in [2.24, 2.45) is 5.73 Å². The van der Waals surface area contributed by atoms with Crippen LogP contribution in [0, 0.1) is 5.82 Å². The molecule has 0 saturated carbocycles. The zero-order valence-electron chi connectivity index (χ0n) is 8.54. The lowest BCUT2D eigenvalue weighted by Gasteiger charge is -2.13. The molecule has 0 aliphatic carbocycles. The van der Waals surface area contributed by atoms with Gasteiger partial charge in [-0.1, -0.05) is 0 Å². The molecule has 88 valence electrons. The summed E-state index contributed by atoms with van der Waals surface area (Å²) in [4.78, 5) is 10.9. The Morgan fingerprint density at radius 3 is 2.75 bits per heavy atom. The molecule has 1 unspecified atom stereocenters. The number of nitrogens with two attached hydrogens (primary N) is 1. The molecule has 0 bridgehead atoms. The fraction of sp³-hybridized carbons (Fsp3) is 0.300. The van der Waals surface area contributed by atoms with E-state index in [9.17, 15) is 9.18 Å². The van der Waals surface area contributed by atoms with E-state index in [0.29, 0.717) is 5.56 Å². The number of carbonyl (C=O) groups is 1. The summed E-state index contributed by atoms with van der Waals surface area (Å²) in [7, 11) is 1.31. The van der Waals surface area contributed by atoms with Crippen LogP contribution in [0.2, 0.25) is 0 Å². The fourth-order valence-corrected chi connectivity index (χ4v) is 1.77. The van der Waals surface area contributed by atoms with Gasteiger partial charge in [0.05, 0.1) is 17.5 Å². The molecule has 1 atom stereocenters. The Morgan fingerprint density at radius 2 is 2.31 bits per heavy atom. The van der Waals surface area contributed by atoms with Gasteiger partial charge in [0.1, 0.15) is 0 Å². The monoisotopic (exact) mass is 291 g/mol. The Balaban J connectivity index is 3.24. The van der Waals surface area contributed by atoms with Gasteiger partial charge in [-0.15, -0.1) is 0 Å². The minimum Gasteiger partial charge on any atom is -0.494 e. The molecule has 0 saturated heterocycles. The Hall–Kier alpha value is -1.14. The Labute approximate surface area is 100 Å². The highest BCUT2D eigenvalue weighted by Crippen LogP contribution is 2.30. The van der Waals surface area contributed by atoms with E-state index in [0.717, 1.165) is 0 Å². The molecule has 1 aromatic rings. The smallest absolute Gasteiger partial charge is 0.312 e. The minimum absolute atomic E-state index is 0.0101. The summed E-state index contributed by atoms with van der Waals surface area (Å²) < 4.78 is 18.4. The highest BCUT2D eigenvalue weighted by molar-refractivity contribution is 9.10. The minimum atomic E-state index is -1.05. The molecule has 1 aromatic carbocycles. The maximum absolute atomic E-state index is 13.4. The standard InChI is InChI=1S/C10H11BrFNO3/c1-16-8-3-5(2-7(11)9(8)12)6(4-13)10(14)15/h2-3,6H,4,13H2,1H3,(H,14,15). The topological polar surface area (TPSA) is 72.5 Å². The van der Waals surface area contributed by atoms with Crippen LogP contribution < -0.4 is 10.5 Å². The summed E-state index contributed by atoms with van der Waals surface area (Å²) in [5.74, 6) is -2.50. The van der Waals surface area contributed by atoms with Crippen LogP contribution in [0.3, 0.4) is 0 Å². The number of aliphatic carboxylic acids is 1. The molecule has 0 aromatic heterocycles. The Morgan fingerprint density at radius 1 is 1.69 bits per heavy atom. The molecule has 0 heterocycles. The molecule has 6 heteroatoms. The van der Waals surface area contributed by atoms with Crippen LogP contribution in [-0.4, -0.2) is 24.7 Å². The maximum Gasteiger partial charge on any atom is 0.312 e. The summed E-state index contributed by atoms with van der Waals surface area (Å²) in [6.45, 7) is -0.0590. The number of carboxylic acid groups (broad SMARTS) is 1. The lowest BCUT2D eigenvalue weighted by atomic mass is 9.99. The second-order valence-corrected chi connectivity index (χ2v) is 4.00. The predicted molar refractivity (Wildman–Crippen MR) is 60.1 cm³/mol. The first-order valence-corrected chi connectivity index (χ1v) is 5.26. The SMILES string of the molecule is COc1cc(C(CN)C(=O)O)cc(Br)c1F. The van der Waals surface area contributed by atoms with Gasteiger partial charge in [-0.3, -0.25) is 4.79 Å². The van der Waals surface area contributed by atoms with Gasteiger partial charge in [-0.05, 0) is 33.6 Å². The number of rotatable bonds is 4. The quantitative estimate of drug-likeness (QED) is 0.886. The van der Waals surface area contributed by atoms with Gasteiger partial charge in [0.25, 0.3) is 0 Å². The van der Waals surface area contributed by atoms with Crippen molar-refractivity contribution < 1.29 is 19.0 Å². The average Bonchev–Trinajstić information content (AvgIpc) is 2.23. The second-order valence-electron chi connectivity index (χ2n) is 3.15. The fourth-order valence-electron chi connectivity index (χ4n) is 1.31. The summed E-state index contributed by atoms with van der Waals surface area (Å²) in [5.41, 5.74) is 5.76. The van der Waals surface area contributed by atoms with Crippen molar-refractivity contribution in [3.63, 3.8) is 0 Å². The third-order valence-corrected chi connectivity index (χ3v) is 2.75. The van der Waals surface area contributed by atoms with Crippen LogP contribution in [0.5, 0.6) is 5.75 Å². The van der Waals surface area contributed by atoms with Crippen molar-refractivity contribution in [1.29, 1.82) is 0 Å². The molecule has 0 radical (unpaired) electrons. The zero-order valence-corrected chi connectivity index (χ0v) is 10.1. The van der Waals surface area contributed by atoms with Crippen molar-refractivity contribution >= 4 is 21.9 Å². The molecular weight excluding hydrogens is 281 g/mol. The molecule has 0 amide bonds. The Kier molecular flexibility index (Phi) is 4.26. The maximum atomic E-state index is 13.4. The van der Waals surface area contributed by atoms with Crippen molar-refractivity contribution in [2.45, 2.75) is 5.92 Å². The molecule has 0 spiro atoms. The molecular formula is C10H11BrFNO3. The van der Waals surface area contributed by atoms with Gasteiger partial charge < -0.3 is 15.6 Å². The zero-order chi connectivity index (χ0) is 12.3. The second kappa shape index (κ2) is 5.27. The van der Waals surface area contributed by atoms with E-state index >= 15 is 0 Å². The summed E-state index contributed by atoms with van der Waals surface area (Å²) >= 11 is 3.00. The molecule has 16 heavy (non-hydrogen) atoms. The van der Waals surface area contributed by atoms with Gasteiger partial charge in [0.15, 0.2) is 11.6 Å². The number of hydrogen-bond donors (Lipinski definition) is 2. The van der Waals surface area contributed by atoms with Crippen LogP contribution in [0.1, 0.15) is 11.5 Å². The highest BCUT2D eigenvalue weighted by atomic mass is 79.9. The lowest BCUT2D eigenvalue weighted by Crippen LogP contribution is -2.21. The first kappa shape index (κ1) is 12.9. The molecule has 1 rings (SSSR count).